The van der Waals surface area contributed by atoms with Crippen LogP contribution >= 0.6 is 11.9 Å². The lowest BCUT2D eigenvalue weighted by atomic mass is 10.0. The van der Waals surface area contributed by atoms with Gasteiger partial charge in [-0.1, -0.05) is 48.3 Å². The van der Waals surface area contributed by atoms with Crippen molar-refractivity contribution in [2.24, 2.45) is 0 Å². The molecule has 1 unspecified atom stereocenters. The van der Waals surface area contributed by atoms with Crippen molar-refractivity contribution < 1.29 is 13.3 Å². The van der Waals surface area contributed by atoms with Gasteiger partial charge in [0.1, 0.15) is 27.6 Å². The van der Waals surface area contributed by atoms with Crippen LogP contribution in [-0.4, -0.2) is 44.3 Å². The van der Waals surface area contributed by atoms with Gasteiger partial charge in [-0.3, -0.25) is 0 Å². The van der Waals surface area contributed by atoms with Crippen LogP contribution < -0.4 is 4.74 Å². The van der Waals surface area contributed by atoms with Crippen molar-refractivity contribution >= 4 is 21.9 Å². The van der Waals surface area contributed by atoms with Crippen LogP contribution in [0.5, 0.6) is 5.75 Å². The van der Waals surface area contributed by atoms with Gasteiger partial charge in [-0.15, -0.1) is 0 Å². The highest BCUT2D eigenvalue weighted by Crippen LogP contribution is 2.43. The van der Waals surface area contributed by atoms with Crippen molar-refractivity contribution in [2.75, 3.05) is 19.3 Å². The zero-order valence-corrected chi connectivity index (χ0v) is 20.3. The molecule has 0 aromatic heterocycles. The lowest BCUT2D eigenvalue weighted by molar-refractivity contribution is 0.136. The van der Waals surface area contributed by atoms with Crippen molar-refractivity contribution in [1.82, 2.24) is 8.61 Å². The minimum atomic E-state index is -2.66. The van der Waals surface area contributed by atoms with E-state index in [9.17, 15) is 8.60 Å². The molecule has 2 aromatic carbocycles. The Morgan fingerprint density at radius 2 is 1.84 bits per heavy atom. The number of ether oxygens (including phenoxy) is 1. The van der Waals surface area contributed by atoms with E-state index in [-0.39, 0.29) is 11.9 Å². The molecule has 0 spiro atoms. The summed E-state index contributed by atoms with van der Waals surface area (Å²) in [4.78, 5) is 0. The highest BCUT2D eigenvalue weighted by Gasteiger charge is 2.28. The van der Waals surface area contributed by atoms with Gasteiger partial charge in [0.2, 0.25) is 0 Å². The predicted octanol–water partition coefficient (Wildman–Crippen LogP) is 5.63. The van der Waals surface area contributed by atoms with Crippen LogP contribution in [0.2, 0.25) is 0 Å². The molecule has 2 heterocycles. The fourth-order valence-electron chi connectivity index (χ4n) is 4.33. The summed E-state index contributed by atoms with van der Waals surface area (Å²) in [7, 11) is -2.66. The monoisotopic (exact) mass is 477 g/mol. The van der Waals surface area contributed by atoms with Gasteiger partial charge < -0.3 is 4.74 Å². The molecule has 2 aliphatic rings. The third-order valence-corrected chi connectivity index (χ3v) is 9.19. The number of rotatable bonds is 6. The Hall–Kier alpha value is -1.61. The summed E-state index contributed by atoms with van der Waals surface area (Å²) in [5, 5.41) is 0.408. The number of piperidine rings is 1. The summed E-state index contributed by atoms with van der Waals surface area (Å²) < 4.78 is 44.5. The summed E-state index contributed by atoms with van der Waals surface area (Å²) in [6.45, 7) is 3.91. The molecule has 8 heteroatoms. The molecule has 1 N–H and O–H groups in total. The van der Waals surface area contributed by atoms with Gasteiger partial charge >= 0.3 is 0 Å². The molecule has 5 nitrogen and oxygen atoms in total. The van der Waals surface area contributed by atoms with Crippen LogP contribution in [-0.2, 0) is 16.5 Å². The second kappa shape index (κ2) is 10.1. The molecule has 32 heavy (non-hydrogen) atoms. The number of hydrogen-bond donors (Lipinski definition) is 1. The topological polar surface area (TPSA) is 56.6 Å². The van der Waals surface area contributed by atoms with Crippen LogP contribution in [0.25, 0.3) is 0 Å². The third-order valence-electron chi connectivity index (χ3n) is 6.32. The Kier molecular flexibility index (Phi) is 7.44. The largest absolute Gasteiger partial charge is 0.490 e. The predicted molar refractivity (Wildman–Crippen MR) is 129 cm³/mol. The SMILES string of the molecule is C[C@H]1CC[C@H](c2ccccc2)SN1Cc1ccc(OC2CCN(S(C)(=N)=O)CC2)cc1F. The maximum atomic E-state index is 14.9. The van der Waals surface area contributed by atoms with E-state index in [0.717, 1.165) is 12.8 Å². The highest BCUT2D eigenvalue weighted by atomic mass is 32.2. The number of hydrogen-bond acceptors (Lipinski definition) is 5. The molecule has 2 saturated heterocycles. The molecule has 0 saturated carbocycles. The lowest BCUT2D eigenvalue weighted by Gasteiger charge is -2.37. The summed E-state index contributed by atoms with van der Waals surface area (Å²) in [6.07, 6.45) is 5.02. The third kappa shape index (κ3) is 5.84. The molecule has 2 aliphatic heterocycles. The molecule has 174 valence electrons. The Morgan fingerprint density at radius 1 is 1.12 bits per heavy atom. The van der Waals surface area contributed by atoms with Crippen LogP contribution in [0.4, 0.5) is 4.39 Å². The zero-order valence-electron chi connectivity index (χ0n) is 18.7. The second-order valence-corrected chi connectivity index (χ2v) is 12.2. The van der Waals surface area contributed by atoms with E-state index in [1.165, 1.54) is 17.9 Å². The molecule has 0 aliphatic carbocycles. The van der Waals surface area contributed by atoms with Crippen molar-refractivity contribution in [1.29, 1.82) is 4.78 Å². The standard InChI is InChI=1S/C24H32FN3O2S2/c1-18-8-11-24(19-6-4-3-5-7-19)31-28(18)17-20-9-10-22(16-23(20)25)30-21-12-14-27(15-13-21)32(2,26)29/h3-7,9-10,16,18,21,24,26H,8,11-15,17H2,1-2H3/t18-,24+,32?/m0/s1. The Balaban J connectivity index is 1.36. The van der Waals surface area contributed by atoms with Gasteiger partial charge in [-0.25, -0.2) is 22.0 Å². The maximum absolute atomic E-state index is 14.9. The van der Waals surface area contributed by atoms with Gasteiger partial charge in [0, 0.05) is 48.8 Å². The normalized spacial score (nSPS) is 25.3. The van der Waals surface area contributed by atoms with Crippen LogP contribution in [0.3, 0.4) is 0 Å². The molecule has 0 amide bonds. The van der Waals surface area contributed by atoms with Crippen molar-refractivity contribution in [3.8, 4) is 5.75 Å². The number of nitrogens with zero attached hydrogens (tertiary/aromatic N) is 2. The average Bonchev–Trinajstić information content (AvgIpc) is 2.77. The van der Waals surface area contributed by atoms with Crippen LogP contribution in [0.15, 0.2) is 48.5 Å². The Labute approximate surface area is 195 Å². The summed E-state index contributed by atoms with van der Waals surface area (Å²) >= 11 is 1.82. The minimum absolute atomic E-state index is 0.0393. The molecular weight excluding hydrogens is 445 g/mol. The number of nitrogens with one attached hydrogen (secondary N) is 1. The summed E-state index contributed by atoms with van der Waals surface area (Å²) in [6, 6.07) is 16.1. The highest BCUT2D eigenvalue weighted by molar-refractivity contribution is 7.97. The van der Waals surface area contributed by atoms with Crippen molar-refractivity contribution in [3.63, 3.8) is 0 Å². The molecule has 2 fully saturated rings. The summed E-state index contributed by atoms with van der Waals surface area (Å²) in [5.41, 5.74) is 2.01. The second-order valence-electron chi connectivity index (χ2n) is 8.81. The van der Waals surface area contributed by atoms with E-state index < -0.39 is 9.92 Å². The van der Waals surface area contributed by atoms with E-state index in [1.807, 2.05) is 30.1 Å². The molecule has 3 atom stereocenters. The van der Waals surface area contributed by atoms with E-state index in [4.69, 9.17) is 9.52 Å². The smallest absolute Gasteiger partial charge is 0.131 e. The fourth-order valence-corrected chi connectivity index (χ4v) is 6.61. The molecule has 2 aromatic rings. The Morgan fingerprint density at radius 3 is 2.50 bits per heavy atom. The summed E-state index contributed by atoms with van der Waals surface area (Å²) in [5.74, 6) is 0.298. The van der Waals surface area contributed by atoms with E-state index >= 15 is 0 Å². The average molecular weight is 478 g/mol. The first-order valence-electron chi connectivity index (χ1n) is 11.2. The van der Waals surface area contributed by atoms with Gasteiger partial charge in [-0.05, 0) is 44.2 Å². The minimum Gasteiger partial charge on any atom is -0.490 e. The van der Waals surface area contributed by atoms with Crippen LogP contribution in [0.1, 0.15) is 49.0 Å². The zero-order chi connectivity index (χ0) is 22.7. The quantitative estimate of drug-likeness (QED) is 0.548. The molecule has 0 bridgehead atoms. The van der Waals surface area contributed by atoms with Crippen molar-refractivity contribution in [2.45, 2.75) is 56.5 Å². The molecule has 4 rings (SSSR count). The Bertz CT molecular complexity index is 1010. The van der Waals surface area contributed by atoms with E-state index in [2.05, 4.69) is 35.5 Å². The van der Waals surface area contributed by atoms with Gasteiger partial charge in [-0.2, -0.15) is 0 Å². The number of halogens is 1. The molecular formula is C24H32FN3O2S2. The van der Waals surface area contributed by atoms with Gasteiger partial charge in [0.05, 0.1) is 0 Å². The number of benzene rings is 2. The first-order valence-corrected chi connectivity index (χ1v) is 14.0. The van der Waals surface area contributed by atoms with E-state index in [0.29, 0.717) is 55.1 Å². The first kappa shape index (κ1) is 23.5. The fraction of sp³-hybridized carbons (Fsp3) is 0.500. The van der Waals surface area contributed by atoms with Gasteiger partial charge in [0.15, 0.2) is 0 Å². The van der Waals surface area contributed by atoms with Crippen LogP contribution in [0, 0.1) is 10.6 Å². The molecule has 0 radical (unpaired) electrons. The van der Waals surface area contributed by atoms with Crippen molar-refractivity contribution in [3.05, 3.63) is 65.5 Å². The maximum Gasteiger partial charge on any atom is 0.131 e. The first-order chi connectivity index (χ1) is 15.3. The lowest BCUT2D eigenvalue weighted by Crippen LogP contribution is -2.40. The van der Waals surface area contributed by atoms with E-state index in [1.54, 1.807) is 4.31 Å². The van der Waals surface area contributed by atoms with Gasteiger partial charge in [0.25, 0.3) is 0 Å².